The summed E-state index contributed by atoms with van der Waals surface area (Å²) in [7, 11) is 0. The van der Waals surface area contributed by atoms with Gasteiger partial charge < -0.3 is 15.1 Å². The molecule has 0 spiro atoms. The Hall–Kier alpha value is -1.69. The summed E-state index contributed by atoms with van der Waals surface area (Å²) in [6.07, 6.45) is 1.26. The second-order valence-corrected chi connectivity index (χ2v) is 4.70. The number of phenolic OH excluding ortho intramolecular Hbond substituents is 1. The van der Waals surface area contributed by atoms with E-state index in [0.29, 0.717) is 32.0 Å². The lowest BCUT2D eigenvalue weighted by Gasteiger charge is -2.31. The molecule has 1 aromatic carbocycles. The summed E-state index contributed by atoms with van der Waals surface area (Å²) in [5.74, 6) is -3.17. The quantitative estimate of drug-likeness (QED) is 0.857. The Morgan fingerprint density at radius 3 is 2.47 bits per heavy atom. The minimum absolute atomic E-state index is 0.0676. The van der Waals surface area contributed by atoms with Crippen molar-refractivity contribution in [3.05, 3.63) is 29.3 Å². The molecule has 0 radical (unpaired) electrons. The fourth-order valence-electron chi connectivity index (χ4n) is 2.25. The number of carbonyl (C=O) groups is 1. The van der Waals surface area contributed by atoms with Gasteiger partial charge in [-0.05, 0) is 18.8 Å². The first-order chi connectivity index (χ1) is 9.02. The molecule has 2 N–H and O–H groups in total. The van der Waals surface area contributed by atoms with Crippen LogP contribution in [0.3, 0.4) is 0 Å². The molecule has 1 saturated heterocycles. The largest absolute Gasteiger partial charge is 0.507 e. The fraction of sp³-hybridized carbons (Fsp3) is 0.462. The van der Waals surface area contributed by atoms with Crippen LogP contribution >= 0.6 is 0 Å². The van der Waals surface area contributed by atoms with Crippen molar-refractivity contribution in [2.45, 2.75) is 12.8 Å². The zero-order valence-electron chi connectivity index (χ0n) is 10.3. The van der Waals surface area contributed by atoms with Gasteiger partial charge in [0.1, 0.15) is 22.9 Å². The highest BCUT2D eigenvalue weighted by atomic mass is 19.1. The van der Waals surface area contributed by atoms with E-state index < -0.39 is 28.9 Å². The molecular weight excluding hydrogens is 256 g/mol. The molecule has 6 heteroatoms. The topological polar surface area (TPSA) is 60.8 Å². The van der Waals surface area contributed by atoms with Crippen LogP contribution in [0.5, 0.6) is 5.75 Å². The van der Waals surface area contributed by atoms with Gasteiger partial charge >= 0.3 is 0 Å². The maximum atomic E-state index is 13.6. The molecule has 19 heavy (non-hydrogen) atoms. The molecule has 0 aliphatic carbocycles. The third-order valence-corrected chi connectivity index (χ3v) is 3.41. The first-order valence-corrected chi connectivity index (χ1v) is 6.11. The molecule has 1 amide bonds. The second-order valence-electron chi connectivity index (χ2n) is 4.70. The zero-order chi connectivity index (χ0) is 14.0. The highest BCUT2D eigenvalue weighted by Gasteiger charge is 2.27. The SMILES string of the molecule is O=C(c1c(O)cc(F)cc1F)N1CCC(CO)CC1. The monoisotopic (exact) mass is 271 g/mol. The molecule has 0 aromatic heterocycles. The molecular formula is C13H15F2NO3. The number of hydrogen-bond acceptors (Lipinski definition) is 3. The third-order valence-electron chi connectivity index (χ3n) is 3.41. The molecule has 1 aromatic rings. The highest BCUT2D eigenvalue weighted by molar-refractivity contribution is 5.97. The standard InChI is InChI=1S/C13H15F2NO3/c14-9-5-10(15)12(11(18)6-9)13(19)16-3-1-8(7-17)2-4-16/h5-6,8,17-18H,1-4,7H2. The summed E-state index contributed by atoms with van der Waals surface area (Å²) in [6, 6.07) is 1.30. The number of aliphatic hydroxyl groups excluding tert-OH is 1. The lowest BCUT2D eigenvalue weighted by atomic mass is 9.97. The number of aromatic hydroxyl groups is 1. The van der Waals surface area contributed by atoms with Gasteiger partial charge in [-0.2, -0.15) is 0 Å². The van der Waals surface area contributed by atoms with Crippen LogP contribution < -0.4 is 0 Å². The van der Waals surface area contributed by atoms with Crippen molar-refractivity contribution in [2.24, 2.45) is 5.92 Å². The van der Waals surface area contributed by atoms with E-state index in [-0.39, 0.29) is 12.5 Å². The lowest BCUT2D eigenvalue weighted by Crippen LogP contribution is -2.39. The molecule has 0 atom stereocenters. The van der Waals surface area contributed by atoms with Crippen molar-refractivity contribution in [2.75, 3.05) is 19.7 Å². The van der Waals surface area contributed by atoms with Crippen molar-refractivity contribution >= 4 is 5.91 Å². The van der Waals surface area contributed by atoms with Crippen molar-refractivity contribution < 1.29 is 23.8 Å². The van der Waals surface area contributed by atoms with Gasteiger partial charge in [-0.15, -0.1) is 0 Å². The van der Waals surface area contributed by atoms with Gasteiger partial charge in [-0.3, -0.25) is 4.79 Å². The number of carbonyl (C=O) groups excluding carboxylic acids is 1. The van der Waals surface area contributed by atoms with Gasteiger partial charge in [0.05, 0.1) is 0 Å². The van der Waals surface area contributed by atoms with Gasteiger partial charge in [-0.1, -0.05) is 0 Å². The van der Waals surface area contributed by atoms with Crippen molar-refractivity contribution in [3.8, 4) is 5.75 Å². The van der Waals surface area contributed by atoms with E-state index in [1.165, 1.54) is 4.90 Å². The fourth-order valence-corrected chi connectivity index (χ4v) is 2.25. The number of phenols is 1. The number of piperidine rings is 1. The van der Waals surface area contributed by atoms with E-state index in [1.807, 2.05) is 0 Å². The zero-order valence-corrected chi connectivity index (χ0v) is 10.3. The van der Waals surface area contributed by atoms with Crippen LogP contribution in [0, 0.1) is 17.6 Å². The molecule has 0 saturated carbocycles. The number of halogens is 2. The molecule has 2 rings (SSSR count). The Kier molecular flexibility index (Phi) is 3.99. The Labute approximate surface area is 109 Å². The molecule has 1 aliphatic heterocycles. The second kappa shape index (κ2) is 5.52. The van der Waals surface area contributed by atoms with E-state index in [2.05, 4.69) is 0 Å². The summed E-state index contributed by atoms with van der Waals surface area (Å²) >= 11 is 0. The Morgan fingerprint density at radius 1 is 1.32 bits per heavy atom. The predicted molar refractivity (Wildman–Crippen MR) is 63.7 cm³/mol. The summed E-state index contributed by atoms with van der Waals surface area (Å²) in [5, 5.41) is 18.5. The smallest absolute Gasteiger partial charge is 0.260 e. The number of nitrogens with zero attached hydrogens (tertiary/aromatic N) is 1. The van der Waals surface area contributed by atoms with Crippen LogP contribution in [-0.2, 0) is 0 Å². The number of rotatable bonds is 2. The number of hydrogen-bond donors (Lipinski definition) is 2. The molecule has 0 bridgehead atoms. The number of aliphatic hydroxyl groups is 1. The van der Waals surface area contributed by atoms with Crippen molar-refractivity contribution in [1.29, 1.82) is 0 Å². The molecule has 104 valence electrons. The maximum Gasteiger partial charge on any atom is 0.260 e. The van der Waals surface area contributed by atoms with Gasteiger partial charge in [-0.25, -0.2) is 8.78 Å². The van der Waals surface area contributed by atoms with Crippen LogP contribution in [-0.4, -0.2) is 40.7 Å². The Morgan fingerprint density at radius 2 is 1.95 bits per heavy atom. The van der Waals surface area contributed by atoms with Crippen LogP contribution in [0.2, 0.25) is 0 Å². The van der Waals surface area contributed by atoms with Crippen LogP contribution in [0.25, 0.3) is 0 Å². The van der Waals surface area contributed by atoms with Crippen molar-refractivity contribution in [3.63, 3.8) is 0 Å². The van der Waals surface area contributed by atoms with Gasteiger partial charge in [0.25, 0.3) is 5.91 Å². The molecule has 1 heterocycles. The molecule has 4 nitrogen and oxygen atoms in total. The summed E-state index contributed by atoms with van der Waals surface area (Å²) < 4.78 is 26.4. The van der Waals surface area contributed by atoms with E-state index in [4.69, 9.17) is 5.11 Å². The first kappa shape index (κ1) is 13.7. The lowest BCUT2D eigenvalue weighted by molar-refractivity contribution is 0.0643. The highest BCUT2D eigenvalue weighted by Crippen LogP contribution is 2.26. The average Bonchev–Trinajstić information content (AvgIpc) is 2.37. The van der Waals surface area contributed by atoms with E-state index in [1.54, 1.807) is 0 Å². The van der Waals surface area contributed by atoms with Crippen LogP contribution in [0.1, 0.15) is 23.2 Å². The molecule has 1 aliphatic rings. The summed E-state index contributed by atoms with van der Waals surface area (Å²) in [4.78, 5) is 13.5. The Balaban J connectivity index is 2.17. The number of benzene rings is 1. The van der Waals surface area contributed by atoms with Crippen LogP contribution in [0.15, 0.2) is 12.1 Å². The first-order valence-electron chi connectivity index (χ1n) is 6.11. The summed E-state index contributed by atoms with van der Waals surface area (Å²) in [6.45, 7) is 0.846. The van der Waals surface area contributed by atoms with E-state index >= 15 is 0 Å². The number of likely N-dealkylation sites (tertiary alicyclic amines) is 1. The van der Waals surface area contributed by atoms with E-state index in [9.17, 15) is 18.7 Å². The normalized spacial score (nSPS) is 16.7. The third kappa shape index (κ3) is 2.84. The van der Waals surface area contributed by atoms with Gasteiger partial charge in [0, 0.05) is 31.8 Å². The van der Waals surface area contributed by atoms with Crippen molar-refractivity contribution in [1.82, 2.24) is 4.90 Å². The predicted octanol–water partition coefficient (Wildman–Crippen LogP) is 1.51. The minimum atomic E-state index is -1.06. The van der Waals surface area contributed by atoms with Gasteiger partial charge in [0.2, 0.25) is 0 Å². The molecule has 1 fully saturated rings. The molecule has 0 unspecified atom stereocenters. The van der Waals surface area contributed by atoms with Crippen LogP contribution in [0.4, 0.5) is 8.78 Å². The summed E-state index contributed by atoms with van der Waals surface area (Å²) in [5.41, 5.74) is -0.496. The maximum absolute atomic E-state index is 13.6. The minimum Gasteiger partial charge on any atom is -0.507 e. The van der Waals surface area contributed by atoms with E-state index in [0.717, 1.165) is 6.07 Å². The average molecular weight is 271 g/mol. The Bertz CT molecular complexity index is 462. The number of amides is 1. The van der Waals surface area contributed by atoms with Gasteiger partial charge in [0.15, 0.2) is 0 Å².